The first-order valence-corrected chi connectivity index (χ1v) is 12.4. The summed E-state index contributed by atoms with van der Waals surface area (Å²) >= 11 is 0. The van der Waals surface area contributed by atoms with Crippen LogP contribution in [0.5, 0.6) is 23.0 Å². The number of nitrogens with zero attached hydrogens (tertiary/aromatic N) is 2. The van der Waals surface area contributed by atoms with E-state index in [2.05, 4.69) is 5.32 Å². The first-order valence-electron chi connectivity index (χ1n) is 12.4. The second-order valence-corrected chi connectivity index (χ2v) is 9.21. The van der Waals surface area contributed by atoms with Crippen molar-refractivity contribution in [2.24, 2.45) is 0 Å². The van der Waals surface area contributed by atoms with E-state index < -0.39 is 23.8 Å². The predicted octanol–water partition coefficient (Wildman–Crippen LogP) is 3.37. The van der Waals surface area contributed by atoms with Gasteiger partial charge in [-0.1, -0.05) is 6.07 Å². The lowest BCUT2D eigenvalue weighted by Crippen LogP contribution is -2.45. The number of benzene rings is 3. The minimum absolute atomic E-state index is 0.0306. The minimum Gasteiger partial charge on any atom is -0.493 e. The largest absolute Gasteiger partial charge is 0.493 e. The summed E-state index contributed by atoms with van der Waals surface area (Å²) in [6.45, 7) is 1.51. The monoisotopic (exact) mass is 545 g/mol. The van der Waals surface area contributed by atoms with Crippen LogP contribution in [0.1, 0.15) is 29.3 Å². The lowest BCUT2D eigenvalue weighted by Gasteiger charge is -2.28. The van der Waals surface area contributed by atoms with Crippen LogP contribution >= 0.6 is 0 Å². The van der Waals surface area contributed by atoms with Crippen molar-refractivity contribution in [1.29, 1.82) is 0 Å². The van der Waals surface area contributed by atoms with E-state index in [9.17, 15) is 19.2 Å². The molecule has 1 saturated heterocycles. The highest BCUT2D eigenvalue weighted by molar-refractivity contribution is 6.23. The third-order valence-electron chi connectivity index (χ3n) is 6.63. The van der Waals surface area contributed by atoms with Crippen molar-refractivity contribution >= 4 is 35.0 Å². The normalized spacial score (nSPS) is 15.7. The van der Waals surface area contributed by atoms with E-state index in [0.717, 1.165) is 4.90 Å². The molecular formula is C29H27N3O8. The fraction of sp³-hybridized carbons (Fsp3) is 0.241. The van der Waals surface area contributed by atoms with Gasteiger partial charge in [0.25, 0.3) is 11.8 Å². The highest BCUT2D eigenvalue weighted by Gasteiger charge is 2.44. The molecule has 0 saturated carbocycles. The smallest absolute Gasteiger partial charge is 0.257 e. The molecule has 0 bridgehead atoms. The Morgan fingerprint density at radius 1 is 0.950 bits per heavy atom. The van der Waals surface area contributed by atoms with Gasteiger partial charge in [0, 0.05) is 24.7 Å². The number of hydrogen-bond acceptors (Lipinski definition) is 8. The summed E-state index contributed by atoms with van der Waals surface area (Å²) in [7, 11) is 2.95. The van der Waals surface area contributed by atoms with E-state index in [1.165, 1.54) is 32.1 Å². The van der Waals surface area contributed by atoms with Crippen molar-refractivity contribution in [1.82, 2.24) is 4.90 Å². The molecule has 2 aliphatic heterocycles. The molecule has 40 heavy (non-hydrogen) atoms. The summed E-state index contributed by atoms with van der Waals surface area (Å²) in [5, 5.41) is 2.65. The number of methoxy groups -OCH3 is 2. The van der Waals surface area contributed by atoms with Crippen LogP contribution in [-0.4, -0.2) is 55.6 Å². The summed E-state index contributed by atoms with van der Waals surface area (Å²) in [6.07, 6.45) is -0.199. The summed E-state index contributed by atoms with van der Waals surface area (Å²) in [5.41, 5.74) is 1.82. The first kappa shape index (κ1) is 26.5. The van der Waals surface area contributed by atoms with Crippen LogP contribution in [0, 0.1) is 0 Å². The Labute approximate surface area is 230 Å². The zero-order valence-corrected chi connectivity index (χ0v) is 22.1. The average Bonchev–Trinajstić information content (AvgIpc) is 3.54. The Morgan fingerprint density at radius 2 is 1.68 bits per heavy atom. The van der Waals surface area contributed by atoms with Gasteiger partial charge in [-0.25, -0.2) is 4.90 Å². The number of rotatable bonds is 8. The Balaban J connectivity index is 1.48. The number of amides is 4. The third-order valence-corrected chi connectivity index (χ3v) is 6.63. The van der Waals surface area contributed by atoms with Crippen molar-refractivity contribution in [3.8, 4) is 23.0 Å². The Morgan fingerprint density at radius 3 is 2.38 bits per heavy atom. The SMILES string of the molecule is COc1ccc(C(=O)N(Cc2ccc3c(c2)OCO3)C2CC(=O)N(c3ccc(NC(C)=O)cc3)C2=O)cc1OC. The second-order valence-electron chi connectivity index (χ2n) is 9.21. The number of hydrogen-bond donors (Lipinski definition) is 1. The van der Waals surface area contributed by atoms with Crippen molar-refractivity contribution in [2.75, 3.05) is 31.2 Å². The van der Waals surface area contributed by atoms with Gasteiger partial charge in [-0.15, -0.1) is 0 Å². The summed E-state index contributed by atoms with van der Waals surface area (Å²) in [5.74, 6) is 0.230. The van der Waals surface area contributed by atoms with Gasteiger partial charge < -0.3 is 29.2 Å². The molecule has 2 heterocycles. The maximum absolute atomic E-state index is 13.9. The molecule has 3 aromatic rings. The highest BCUT2D eigenvalue weighted by Crippen LogP contribution is 2.35. The Kier molecular flexibility index (Phi) is 7.28. The topological polar surface area (TPSA) is 124 Å². The Hall–Kier alpha value is -5.06. The fourth-order valence-corrected chi connectivity index (χ4v) is 4.72. The molecule has 5 rings (SSSR count). The van der Waals surface area contributed by atoms with E-state index in [1.807, 2.05) is 0 Å². The predicted molar refractivity (Wildman–Crippen MR) is 144 cm³/mol. The van der Waals surface area contributed by atoms with E-state index in [-0.39, 0.29) is 31.2 Å². The third kappa shape index (κ3) is 5.13. The Bertz CT molecular complexity index is 1490. The van der Waals surface area contributed by atoms with Crippen molar-refractivity contribution in [3.05, 3.63) is 71.8 Å². The van der Waals surface area contributed by atoms with Crippen LogP contribution in [0.15, 0.2) is 60.7 Å². The molecule has 0 spiro atoms. The maximum Gasteiger partial charge on any atom is 0.257 e. The zero-order chi connectivity index (χ0) is 28.4. The van der Waals surface area contributed by atoms with Crippen LogP contribution < -0.4 is 29.2 Å². The molecule has 0 radical (unpaired) electrons. The van der Waals surface area contributed by atoms with Crippen LogP contribution in [0.4, 0.5) is 11.4 Å². The van der Waals surface area contributed by atoms with Gasteiger partial charge in [0.05, 0.1) is 26.3 Å². The molecule has 4 amide bonds. The number of ether oxygens (including phenoxy) is 4. The van der Waals surface area contributed by atoms with Gasteiger partial charge >= 0.3 is 0 Å². The van der Waals surface area contributed by atoms with E-state index in [0.29, 0.717) is 39.9 Å². The highest BCUT2D eigenvalue weighted by atomic mass is 16.7. The molecule has 1 atom stereocenters. The van der Waals surface area contributed by atoms with E-state index >= 15 is 0 Å². The van der Waals surface area contributed by atoms with Gasteiger partial charge in [0.2, 0.25) is 18.6 Å². The number of nitrogens with one attached hydrogen (secondary N) is 1. The summed E-state index contributed by atoms with van der Waals surface area (Å²) < 4.78 is 21.5. The van der Waals surface area contributed by atoms with Crippen LogP contribution in [0.3, 0.4) is 0 Å². The van der Waals surface area contributed by atoms with Gasteiger partial charge in [0.1, 0.15) is 6.04 Å². The van der Waals surface area contributed by atoms with Crippen LogP contribution in [0.25, 0.3) is 0 Å². The average molecular weight is 546 g/mol. The van der Waals surface area contributed by atoms with Gasteiger partial charge in [-0.3, -0.25) is 19.2 Å². The fourth-order valence-electron chi connectivity index (χ4n) is 4.72. The van der Waals surface area contributed by atoms with Crippen molar-refractivity contribution in [3.63, 3.8) is 0 Å². The molecule has 2 aliphatic rings. The molecular weight excluding hydrogens is 518 g/mol. The molecule has 1 fully saturated rings. The molecule has 1 unspecified atom stereocenters. The van der Waals surface area contributed by atoms with E-state index in [1.54, 1.807) is 54.6 Å². The molecule has 3 aromatic carbocycles. The number of carbonyl (C=O) groups is 4. The van der Waals surface area contributed by atoms with Crippen LogP contribution in [0.2, 0.25) is 0 Å². The number of anilines is 2. The second kappa shape index (κ2) is 11.0. The van der Waals surface area contributed by atoms with E-state index in [4.69, 9.17) is 18.9 Å². The molecule has 11 nitrogen and oxygen atoms in total. The molecule has 11 heteroatoms. The number of carbonyl (C=O) groups excluding carboxylic acids is 4. The van der Waals surface area contributed by atoms with Gasteiger partial charge in [-0.2, -0.15) is 0 Å². The van der Waals surface area contributed by atoms with Gasteiger partial charge in [0.15, 0.2) is 23.0 Å². The summed E-state index contributed by atoms with van der Waals surface area (Å²) in [6, 6.07) is 15.3. The molecule has 0 aliphatic carbocycles. The summed E-state index contributed by atoms with van der Waals surface area (Å²) in [4.78, 5) is 54.6. The molecule has 206 valence electrons. The zero-order valence-electron chi connectivity index (χ0n) is 22.1. The maximum atomic E-state index is 13.9. The number of imide groups is 1. The van der Waals surface area contributed by atoms with Crippen molar-refractivity contribution < 1.29 is 38.1 Å². The lowest BCUT2D eigenvalue weighted by molar-refractivity contribution is -0.122. The minimum atomic E-state index is -1.06. The lowest BCUT2D eigenvalue weighted by atomic mass is 10.1. The van der Waals surface area contributed by atoms with Crippen LogP contribution in [-0.2, 0) is 20.9 Å². The quantitative estimate of drug-likeness (QED) is 0.428. The van der Waals surface area contributed by atoms with Gasteiger partial charge in [-0.05, 0) is 60.2 Å². The number of fused-ring (bicyclic) bond motifs is 1. The van der Waals surface area contributed by atoms with Crippen molar-refractivity contribution in [2.45, 2.75) is 25.9 Å². The first-order chi connectivity index (χ1) is 19.3. The molecule has 1 N–H and O–H groups in total. The molecule has 0 aromatic heterocycles. The standard InChI is InChI=1S/C29H27N3O8/c1-17(33)30-20-6-8-21(9-7-20)32-27(34)14-22(29(32)36)31(15-18-4-10-24-26(12-18)40-16-39-24)28(35)19-5-11-23(37-2)25(13-19)38-3/h4-13,22H,14-16H2,1-3H3,(H,30,33).